The molecule has 0 saturated carbocycles. The molecule has 2 aliphatic rings. The molecule has 1 aromatic carbocycles. The van der Waals surface area contributed by atoms with Gasteiger partial charge in [-0.15, -0.1) is 12.4 Å². The molecular weight excluding hydrogens is 324 g/mol. The van der Waals surface area contributed by atoms with Gasteiger partial charge in [0.1, 0.15) is 0 Å². The van der Waals surface area contributed by atoms with Gasteiger partial charge in [-0.2, -0.15) is 0 Å². The van der Waals surface area contributed by atoms with Gasteiger partial charge in [0, 0.05) is 17.6 Å². The zero-order valence-corrected chi connectivity index (χ0v) is 13.8. The van der Waals surface area contributed by atoms with Crippen LogP contribution in [0.4, 0.5) is 0 Å². The van der Waals surface area contributed by atoms with Gasteiger partial charge in [-0.05, 0) is 62.0 Å². The third kappa shape index (κ3) is 3.52. The molecule has 0 aliphatic carbocycles. The summed E-state index contributed by atoms with van der Waals surface area (Å²) < 4.78 is 1.23. The van der Waals surface area contributed by atoms with Gasteiger partial charge in [0.25, 0.3) is 0 Å². The number of hydrogen-bond acceptors (Lipinski definition) is 2. The van der Waals surface area contributed by atoms with E-state index in [-0.39, 0.29) is 12.4 Å². The van der Waals surface area contributed by atoms with E-state index in [9.17, 15) is 0 Å². The maximum atomic E-state index is 3.63. The van der Waals surface area contributed by atoms with Crippen molar-refractivity contribution >= 4 is 28.3 Å². The van der Waals surface area contributed by atoms with E-state index in [1.807, 2.05) is 0 Å². The van der Waals surface area contributed by atoms with Crippen LogP contribution >= 0.6 is 28.3 Å². The summed E-state index contributed by atoms with van der Waals surface area (Å²) >= 11 is 3.63. The molecule has 0 amide bonds. The SMILES string of the molecule is Cc1ccc(CN2CCC3CNCC3C2)cc1Br.Cl. The lowest BCUT2D eigenvalue weighted by atomic mass is 9.88. The summed E-state index contributed by atoms with van der Waals surface area (Å²) in [7, 11) is 0. The van der Waals surface area contributed by atoms with E-state index in [1.54, 1.807) is 0 Å². The van der Waals surface area contributed by atoms with Crippen LogP contribution in [0.25, 0.3) is 0 Å². The predicted molar refractivity (Wildman–Crippen MR) is 85.9 cm³/mol. The second kappa shape index (κ2) is 6.57. The van der Waals surface area contributed by atoms with Crippen LogP contribution in [0.3, 0.4) is 0 Å². The Labute approximate surface area is 130 Å². The highest BCUT2D eigenvalue weighted by atomic mass is 79.9. The van der Waals surface area contributed by atoms with Gasteiger partial charge in [-0.1, -0.05) is 28.1 Å². The molecule has 2 saturated heterocycles. The van der Waals surface area contributed by atoms with Gasteiger partial charge in [0.15, 0.2) is 0 Å². The number of hydrogen-bond donors (Lipinski definition) is 1. The highest BCUT2D eigenvalue weighted by molar-refractivity contribution is 9.10. The number of rotatable bonds is 2. The summed E-state index contributed by atoms with van der Waals surface area (Å²) in [5.74, 6) is 1.82. The van der Waals surface area contributed by atoms with Crippen LogP contribution in [0.5, 0.6) is 0 Å². The van der Waals surface area contributed by atoms with E-state index in [2.05, 4.69) is 51.3 Å². The number of piperidine rings is 1. The van der Waals surface area contributed by atoms with Crippen LogP contribution in [0, 0.1) is 18.8 Å². The smallest absolute Gasteiger partial charge is 0.0234 e. The summed E-state index contributed by atoms with van der Waals surface area (Å²) in [5, 5.41) is 3.53. The minimum absolute atomic E-state index is 0. The lowest BCUT2D eigenvalue weighted by molar-refractivity contribution is 0.142. The van der Waals surface area contributed by atoms with Gasteiger partial charge in [0.2, 0.25) is 0 Å². The molecule has 106 valence electrons. The topological polar surface area (TPSA) is 15.3 Å². The molecule has 2 heterocycles. The van der Waals surface area contributed by atoms with E-state index in [4.69, 9.17) is 0 Å². The molecule has 2 atom stereocenters. The molecule has 0 spiro atoms. The van der Waals surface area contributed by atoms with E-state index >= 15 is 0 Å². The van der Waals surface area contributed by atoms with Crippen molar-refractivity contribution in [3.05, 3.63) is 33.8 Å². The highest BCUT2D eigenvalue weighted by Gasteiger charge is 2.32. The summed E-state index contributed by atoms with van der Waals surface area (Å²) in [4.78, 5) is 2.62. The largest absolute Gasteiger partial charge is 0.316 e. The Kier molecular flexibility index (Phi) is 5.29. The Bertz CT molecular complexity index is 438. The molecule has 2 unspecified atom stereocenters. The fourth-order valence-corrected chi connectivity index (χ4v) is 3.67. The third-order valence-electron chi connectivity index (χ3n) is 4.43. The Morgan fingerprint density at radius 2 is 2.11 bits per heavy atom. The quantitative estimate of drug-likeness (QED) is 0.885. The number of likely N-dealkylation sites (tertiary alicyclic amines) is 1. The first-order valence-electron chi connectivity index (χ1n) is 6.90. The standard InChI is InChI=1S/C15H21BrN2.ClH/c1-11-2-3-12(6-15(11)16)9-18-5-4-13-7-17-8-14(13)10-18;/h2-3,6,13-14,17H,4-5,7-10H2,1H3;1H. The summed E-state index contributed by atoms with van der Waals surface area (Å²) in [6.07, 6.45) is 1.37. The molecule has 0 bridgehead atoms. The van der Waals surface area contributed by atoms with Crippen LogP contribution in [-0.4, -0.2) is 31.1 Å². The summed E-state index contributed by atoms with van der Waals surface area (Å²) in [6, 6.07) is 6.75. The average Bonchev–Trinajstić information content (AvgIpc) is 2.81. The molecule has 0 aromatic heterocycles. The zero-order chi connectivity index (χ0) is 12.5. The van der Waals surface area contributed by atoms with Crippen molar-refractivity contribution in [2.24, 2.45) is 11.8 Å². The van der Waals surface area contributed by atoms with Crippen molar-refractivity contribution < 1.29 is 0 Å². The van der Waals surface area contributed by atoms with Crippen LogP contribution in [0.15, 0.2) is 22.7 Å². The number of nitrogens with zero attached hydrogens (tertiary/aromatic N) is 1. The Morgan fingerprint density at radius 3 is 2.89 bits per heavy atom. The second-order valence-corrected chi connectivity index (χ2v) is 6.64. The lowest BCUT2D eigenvalue weighted by Gasteiger charge is -2.34. The lowest BCUT2D eigenvalue weighted by Crippen LogP contribution is -2.39. The van der Waals surface area contributed by atoms with Crippen LogP contribution in [-0.2, 0) is 6.54 Å². The molecule has 3 rings (SSSR count). The van der Waals surface area contributed by atoms with Crippen LogP contribution in [0.1, 0.15) is 17.5 Å². The van der Waals surface area contributed by atoms with Crippen molar-refractivity contribution in [2.75, 3.05) is 26.2 Å². The van der Waals surface area contributed by atoms with E-state index < -0.39 is 0 Å². The summed E-state index contributed by atoms with van der Waals surface area (Å²) in [6.45, 7) is 8.23. The molecule has 2 fully saturated rings. The average molecular weight is 346 g/mol. The van der Waals surface area contributed by atoms with Crippen LogP contribution in [0.2, 0.25) is 0 Å². The Hall–Kier alpha value is -0.0900. The first kappa shape index (κ1) is 15.3. The third-order valence-corrected chi connectivity index (χ3v) is 5.29. The van der Waals surface area contributed by atoms with Gasteiger partial charge < -0.3 is 5.32 Å². The van der Waals surface area contributed by atoms with Gasteiger partial charge >= 0.3 is 0 Å². The molecule has 0 radical (unpaired) electrons. The second-order valence-electron chi connectivity index (χ2n) is 5.79. The minimum atomic E-state index is 0. The zero-order valence-electron chi connectivity index (χ0n) is 11.4. The number of nitrogens with one attached hydrogen (secondary N) is 1. The molecule has 2 nitrogen and oxygen atoms in total. The highest BCUT2D eigenvalue weighted by Crippen LogP contribution is 2.28. The van der Waals surface area contributed by atoms with E-state index in [1.165, 1.54) is 48.2 Å². The fraction of sp³-hybridized carbons (Fsp3) is 0.600. The van der Waals surface area contributed by atoms with Crippen molar-refractivity contribution in [3.8, 4) is 0 Å². The first-order valence-corrected chi connectivity index (χ1v) is 7.70. The van der Waals surface area contributed by atoms with Gasteiger partial charge in [0.05, 0.1) is 0 Å². The number of halogens is 2. The Balaban J connectivity index is 0.00000133. The normalized spacial score (nSPS) is 26.8. The first-order chi connectivity index (χ1) is 8.72. The van der Waals surface area contributed by atoms with E-state index in [0.717, 1.165) is 18.4 Å². The summed E-state index contributed by atoms with van der Waals surface area (Å²) in [5.41, 5.74) is 2.74. The molecular formula is C15H22BrClN2. The molecule has 2 aliphatic heterocycles. The number of aryl methyl sites for hydroxylation is 1. The maximum absolute atomic E-state index is 3.63. The molecule has 4 heteroatoms. The molecule has 1 N–H and O–H groups in total. The van der Waals surface area contributed by atoms with Crippen molar-refractivity contribution in [1.29, 1.82) is 0 Å². The monoisotopic (exact) mass is 344 g/mol. The van der Waals surface area contributed by atoms with Crippen LogP contribution < -0.4 is 5.32 Å². The molecule has 1 aromatic rings. The maximum Gasteiger partial charge on any atom is 0.0234 e. The van der Waals surface area contributed by atoms with Crippen molar-refractivity contribution in [2.45, 2.75) is 19.9 Å². The Morgan fingerprint density at radius 1 is 1.32 bits per heavy atom. The van der Waals surface area contributed by atoms with Crippen molar-refractivity contribution in [3.63, 3.8) is 0 Å². The number of fused-ring (bicyclic) bond motifs is 1. The predicted octanol–water partition coefficient (Wildman–Crippen LogP) is 3.22. The van der Waals surface area contributed by atoms with Crippen molar-refractivity contribution in [1.82, 2.24) is 10.2 Å². The van der Waals surface area contributed by atoms with E-state index in [0.29, 0.717) is 0 Å². The van der Waals surface area contributed by atoms with Gasteiger partial charge in [-0.25, -0.2) is 0 Å². The van der Waals surface area contributed by atoms with Gasteiger partial charge in [-0.3, -0.25) is 4.90 Å². The number of benzene rings is 1. The minimum Gasteiger partial charge on any atom is -0.316 e. The molecule has 19 heavy (non-hydrogen) atoms. The fourth-order valence-electron chi connectivity index (χ4n) is 3.25.